The topological polar surface area (TPSA) is 12.0 Å². The zero-order valence-electron chi connectivity index (χ0n) is 7.11. The highest BCUT2D eigenvalue weighted by molar-refractivity contribution is 8.00. The molecular formula is C8H17NS. The van der Waals surface area contributed by atoms with Crippen LogP contribution in [0.15, 0.2) is 12.2 Å². The van der Waals surface area contributed by atoms with Gasteiger partial charge in [0, 0.05) is 12.3 Å². The second-order valence-electron chi connectivity index (χ2n) is 2.64. The van der Waals surface area contributed by atoms with Gasteiger partial charge >= 0.3 is 0 Å². The van der Waals surface area contributed by atoms with E-state index in [-0.39, 0.29) is 0 Å². The summed E-state index contributed by atoms with van der Waals surface area (Å²) in [6.45, 7) is 9.29. The molecule has 0 aliphatic carbocycles. The van der Waals surface area contributed by atoms with Gasteiger partial charge in [-0.25, -0.2) is 0 Å². The Bertz CT molecular complexity index is 99.4. The third-order valence-electron chi connectivity index (χ3n) is 1.05. The maximum atomic E-state index is 3.93. The van der Waals surface area contributed by atoms with Crippen LogP contribution in [-0.4, -0.2) is 24.6 Å². The van der Waals surface area contributed by atoms with Crippen LogP contribution in [-0.2, 0) is 0 Å². The molecule has 0 radical (unpaired) electrons. The maximum absolute atomic E-state index is 3.93. The first-order valence-corrected chi connectivity index (χ1v) is 4.64. The van der Waals surface area contributed by atoms with Crippen LogP contribution < -0.4 is 5.32 Å². The quantitative estimate of drug-likeness (QED) is 0.615. The molecule has 2 heteroatoms. The first-order valence-electron chi connectivity index (χ1n) is 3.59. The Morgan fingerprint density at radius 2 is 2.20 bits per heavy atom. The Labute approximate surface area is 68.3 Å². The molecule has 10 heavy (non-hydrogen) atoms. The number of hydrogen-bond acceptors (Lipinski definition) is 2. The van der Waals surface area contributed by atoms with Gasteiger partial charge in [-0.05, 0) is 12.3 Å². The van der Waals surface area contributed by atoms with Crippen molar-refractivity contribution in [1.82, 2.24) is 5.32 Å². The van der Waals surface area contributed by atoms with Crippen LogP contribution in [0.25, 0.3) is 0 Å². The van der Waals surface area contributed by atoms with Crippen LogP contribution in [0.3, 0.4) is 0 Å². The highest BCUT2D eigenvalue weighted by atomic mass is 32.2. The van der Waals surface area contributed by atoms with Crippen molar-refractivity contribution in [1.29, 1.82) is 0 Å². The van der Waals surface area contributed by atoms with Crippen LogP contribution >= 0.6 is 11.8 Å². The van der Waals surface area contributed by atoms with Gasteiger partial charge in [-0.2, -0.15) is 11.8 Å². The average molecular weight is 159 g/mol. The molecule has 60 valence electrons. The van der Waals surface area contributed by atoms with Crippen LogP contribution in [0.2, 0.25) is 0 Å². The lowest BCUT2D eigenvalue weighted by atomic mass is 10.3. The SMILES string of the molecule is C=C(CNC)CSC(C)C. The van der Waals surface area contributed by atoms with Gasteiger partial charge in [0.1, 0.15) is 0 Å². The summed E-state index contributed by atoms with van der Waals surface area (Å²) in [5.74, 6) is 1.08. The number of hydrogen-bond donors (Lipinski definition) is 1. The standard InChI is InChI=1S/C8H17NS/c1-7(2)10-6-8(3)5-9-4/h7,9H,3,5-6H2,1-2,4H3. The number of rotatable bonds is 5. The van der Waals surface area contributed by atoms with E-state index in [2.05, 4.69) is 25.7 Å². The van der Waals surface area contributed by atoms with Gasteiger partial charge < -0.3 is 5.32 Å². The Morgan fingerprint density at radius 1 is 1.60 bits per heavy atom. The average Bonchev–Trinajstić information content (AvgIpc) is 1.85. The van der Waals surface area contributed by atoms with E-state index < -0.39 is 0 Å². The maximum Gasteiger partial charge on any atom is 0.0167 e. The lowest BCUT2D eigenvalue weighted by Gasteiger charge is -2.06. The highest BCUT2D eigenvalue weighted by Crippen LogP contribution is 2.11. The van der Waals surface area contributed by atoms with Crippen molar-refractivity contribution in [2.24, 2.45) is 0 Å². The molecule has 0 amide bonds. The monoisotopic (exact) mass is 159 g/mol. The van der Waals surface area contributed by atoms with Gasteiger partial charge in [0.15, 0.2) is 0 Å². The third kappa shape index (κ3) is 6.17. The fourth-order valence-electron chi connectivity index (χ4n) is 0.586. The van der Waals surface area contributed by atoms with Crippen LogP contribution in [0.4, 0.5) is 0 Å². The molecule has 0 aromatic heterocycles. The van der Waals surface area contributed by atoms with E-state index in [0.29, 0.717) is 5.25 Å². The Kier molecular flexibility index (Phi) is 5.84. The molecule has 0 aromatic carbocycles. The zero-order valence-corrected chi connectivity index (χ0v) is 7.92. The minimum atomic E-state index is 0.716. The van der Waals surface area contributed by atoms with Crippen molar-refractivity contribution < 1.29 is 0 Å². The minimum Gasteiger partial charge on any atom is -0.316 e. The smallest absolute Gasteiger partial charge is 0.0167 e. The molecule has 0 aliphatic rings. The summed E-state index contributed by atoms with van der Waals surface area (Å²) in [5.41, 5.74) is 1.28. The molecule has 0 spiro atoms. The van der Waals surface area contributed by atoms with Gasteiger partial charge in [0.2, 0.25) is 0 Å². The summed E-state index contributed by atoms with van der Waals surface area (Å²) >= 11 is 1.94. The summed E-state index contributed by atoms with van der Waals surface area (Å²) < 4.78 is 0. The highest BCUT2D eigenvalue weighted by Gasteiger charge is 1.95. The Morgan fingerprint density at radius 3 is 2.60 bits per heavy atom. The van der Waals surface area contributed by atoms with Crippen molar-refractivity contribution >= 4 is 11.8 Å². The summed E-state index contributed by atoms with van der Waals surface area (Å²) in [6, 6.07) is 0. The molecule has 0 saturated carbocycles. The van der Waals surface area contributed by atoms with Crippen LogP contribution in [0.1, 0.15) is 13.8 Å². The summed E-state index contributed by atoms with van der Waals surface area (Å²) in [4.78, 5) is 0. The number of likely N-dealkylation sites (N-methyl/N-ethyl adjacent to an activating group) is 1. The molecule has 0 saturated heterocycles. The van der Waals surface area contributed by atoms with Crippen LogP contribution in [0.5, 0.6) is 0 Å². The van der Waals surface area contributed by atoms with E-state index in [4.69, 9.17) is 0 Å². The molecule has 0 fully saturated rings. The van der Waals surface area contributed by atoms with E-state index in [1.807, 2.05) is 18.8 Å². The Balaban J connectivity index is 3.22. The third-order valence-corrected chi connectivity index (χ3v) is 2.29. The van der Waals surface area contributed by atoms with E-state index in [1.54, 1.807) is 0 Å². The van der Waals surface area contributed by atoms with Crippen molar-refractivity contribution in [3.8, 4) is 0 Å². The van der Waals surface area contributed by atoms with Gasteiger partial charge in [0.05, 0.1) is 0 Å². The normalized spacial score (nSPS) is 10.4. The van der Waals surface area contributed by atoms with E-state index in [9.17, 15) is 0 Å². The van der Waals surface area contributed by atoms with Crippen molar-refractivity contribution in [2.75, 3.05) is 19.3 Å². The van der Waals surface area contributed by atoms with E-state index in [1.165, 1.54) is 5.57 Å². The first-order chi connectivity index (χ1) is 4.66. The van der Waals surface area contributed by atoms with Crippen molar-refractivity contribution in [3.63, 3.8) is 0 Å². The molecule has 0 bridgehead atoms. The lowest BCUT2D eigenvalue weighted by molar-refractivity contribution is 0.885. The number of nitrogens with one attached hydrogen (secondary N) is 1. The molecule has 0 aromatic rings. The minimum absolute atomic E-state index is 0.716. The van der Waals surface area contributed by atoms with E-state index >= 15 is 0 Å². The van der Waals surface area contributed by atoms with Crippen LogP contribution in [0, 0.1) is 0 Å². The predicted octanol–water partition coefficient (Wildman–Crippen LogP) is 1.90. The first kappa shape index (κ1) is 10.0. The summed E-state index contributed by atoms with van der Waals surface area (Å²) in [5, 5.41) is 3.79. The zero-order chi connectivity index (χ0) is 7.98. The molecule has 1 N–H and O–H groups in total. The predicted molar refractivity (Wildman–Crippen MR) is 50.7 cm³/mol. The molecule has 0 atom stereocenters. The van der Waals surface area contributed by atoms with Gasteiger partial charge in [-0.15, -0.1) is 0 Å². The molecule has 0 aliphatic heterocycles. The molecular weight excluding hydrogens is 142 g/mol. The second kappa shape index (κ2) is 5.81. The molecule has 1 nitrogen and oxygen atoms in total. The lowest BCUT2D eigenvalue weighted by Crippen LogP contribution is -2.11. The summed E-state index contributed by atoms with van der Waals surface area (Å²) in [6.07, 6.45) is 0. The van der Waals surface area contributed by atoms with Crippen molar-refractivity contribution in [3.05, 3.63) is 12.2 Å². The fraction of sp³-hybridized carbons (Fsp3) is 0.750. The second-order valence-corrected chi connectivity index (χ2v) is 4.20. The molecule has 0 heterocycles. The summed E-state index contributed by atoms with van der Waals surface area (Å²) in [7, 11) is 1.95. The van der Waals surface area contributed by atoms with Gasteiger partial charge in [-0.3, -0.25) is 0 Å². The Hall–Kier alpha value is 0.0500. The van der Waals surface area contributed by atoms with Crippen molar-refractivity contribution in [2.45, 2.75) is 19.1 Å². The largest absolute Gasteiger partial charge is 0.316 e. The number of thioether (sulfide) groups is 1. The molecule has 0 unspecified atom stereocenters. The van der Waals surface area contributed by atoms with Gasteiger partial charge in [0.25, 0.3) is 0 Å². The van der Waals surface area contributed by atoms with E-state index in [0.717, 1.165) is 12.3 Å². The molecule has 0 rings (SSSR count). The fourth-order valence-corrected chi connectivity index (χ4v) is 1.26. The van der Waals surface area contributed by atoms with Gasteiger partial charge in [-0.1, -0.05) is 26.0 Å².